The van der Waals surface area contributed by atoms with Gasteiger partial charge in [-0.1, -0.05) is 35.3 Å². The number of rotatable bonds is 3. The van der Waals surface area contributed by atoms with Crippen molar-refractivity contribution in [3.8, 4) is 0 Å². The molecule has 5 heteroatoms. The molecule has 0 aliphatic carbocycles. The summed E-state index contributed by atoms with van der Waals surface area (Å²) in [6.45, 7) is 0.0200. The molecule has 2 aromatic carbocycles. The van der Waals surface area contributed by atoms with Gasteiger partial charge in [-0.15, -0.1) is 0 Å². The van der Waals surface area contributed by atoms with Crippen LogP contribution in [0.25, 0.3) is 0 Å². The Bertz CT molecular complexity index is 594. The number of carbonyl (C=O) groups is 1. The lowest BCUT2D eigenvalue weighted by atomic mass is 10.2. The number of nitrogen functional groups attached to an aromatic ring is 1. The third kappa shape index (κ3) is 3.40. The van der Waals surface area contributed by atoms with Gasteiger partial charge in [-0.05, 0) is 30.3 Å². The second kappa shape index (κ2) is 5.95. The van der Waals surface area contributed by atoms with Gasteiger partial charge in [0.05, 0.1) is 5.56 Å². The van der Waals surface area contributed by atoms with E-state index in [4.69, 9.17) is 33.7 Å². The van der Waals surface area contributed by atoms with E-state index in [1.807, 2.05) is 0 Å². The molecule has 98 valence electrons. The number of halogens is 2. The van der Waals surface area contributed by atoms with Crippen LogP contribution in [0, 0.1) is 0 Å². The topological polar surface area (TPSA) is 52.3 Å². The van der Waals surface area contributed by atoms with E-state index in [0.717, 1.165) is 0 Å². The third-order valence-corrected chi connectivity index (χ3v) is 3.24. The second-order valence-electron chi connectivity index (χ2n) is 3.90. The van der Waals surface area contributed by atoms with E-state index in [0.29, 0.717) is 26.9 Å². The Morgan fingerprint density at radius 3 is 2.37 bits per heavy atom. The van der Waals surface area contributed by atoms with Crippen molar-refractivity contribution in [2.75, 3.05) is 5.73 Å². The van der Waals surface area contributed by atoms with Crippen molar-refractivity contribution in [1.29, 1.82) is 0 Å². The monoisotopic (exact) mass is 295 g/mol. The fraction of sp³-hybridized carbons (Fsp3) is 0.0714. The quantitative estimate of drug-likeness (QED) is 0.689. The molecular formula is C14H11Cl2NO2. The molecule has 0 aliphatic heterocycles. The maximum atomic E-state index is 11.8. The molecule has 0 aliphatic rings. The second-order valence-corrected chi connectivity index (χ2v) is 4.72. The highest BCUT2D eigenvalue weighted by Crippen LogP contribution is 2.25. The predicted molar refractivity (Wildman–Crippen MR) is 76.4 cm³/mol. The lowest BCUT2D eigenvalue weighted by molar-refractivity contribution is 0.0473. The smallest absolute Gasteiger partial charge is 0.338 e. The summed E-state index contributed by atoms with van der Waals surface area (Å²) in [6, 6.07) is 11.7. The van der Waals surface area contributed by atoms with Crippen LogP contribution in [0.5, 0.6) is 0 Å². The lowest BCUT2D eigenvalue weighted by Gasteiger charge is -2.08. The number of hydrogen-bond acceptors (Lipinski definition) is 3. The van der Waals surface area contributed by atoms with Crippen LogP contribution in [0.15, 0.2) is 42.5 Å². The number of hydrogen-bond donors (Lipinski definition) is 1. The Balaban J connectivity index is 2.09. The largest absolute Gasteiger partial charge is 0.457 e. The Morgan fingerprint density at radius 1 is 1.11 bits per heavy atom. The summed E-state index contributed by atoms with van der Waals surface area (Å²) < 4.78 is 5.17. The van der Waals surface area contributed by atoms with Crippen LogP contribution in [0.3, 0.4) is 0 Å². The van der Waals surface area contributed by atoms with Crippen molar-refractivity contribution in [1.82, 2.24) is 0 Å². The number of nitrogens with two attached hydrogens (primary N) is 1. The van der Waals surface area contributed by atoms with Gasteiger partial charge in [-0.3, -0.25) is 0 Å². The van der Waals surface area contributed by atoms with Gasteiger partial charge < -0.3 is 10.5 Å². The first-order valence-corrected chi connectivity index (χ1v) is 6.29. The summed E-state index contributed by atoms with van der Waals surface area (Å²) in [5.74, 6) is -0.469. The van der Waals surface area contributed by atoms with E-state index in [9.17, 15) is 4.79 Å². The van der Waals surface area contributed by atoms with Crippen LogP contribution in [-0.4, -0.2) is 5.97 Å². The first kappa shape index (κ1) is 13.7. The van der Waals surface area contributed by atoms with E-state index in [1.165, 1.54) is 0 Å². The summed E-state index contributed by atoms with van der Waals surface area (Å²) >= 11 is 12.0. The summed E-state index contributed by atoms with van der Waals surface area (Å²) in [4.78, 5) is 11.8. The van der Waals surface area contributed by atoms with Crippen molar-refractivity contribution in [2.45, 2.75) is 6.61 Å². The highest BCUT2D eigenvalue weighted by atomic mass is 35.5. The lowest BCUT2D eigenvalue weighted by Crippen LogP contribution is -2.06. The van der Waals surface area contributed by atoms with Gasteiger partial charge in [0.1, 0.15) is 6.61 Å². The predicted octanol–water partition coefficient (Wildman–Crippen LogP) is 3.93. The zero-order chi connectivity index (χ0) is 13.8. The first-order chi connectivity index (χ1) is 9.08. The average molecular weight is 296 g/mol. The van der Waals surface area contributed by atoms with Crippen molar-refractivity contribution < 1.29 is 9.53 Å². The van der Waals surface area contributed by atoms with E-state index in [1.54, 1.807) is 42.5 Å². The van der Waals surface area contributed by atoms with Crippen LogP contribution in [-0.2, 0) is 11.3 Å². The fourth-order valence-electron chi connectivity index (χ4n) is 1.56. The molecule has 3 nitrogen and oxygen atoms in total. The molecule has 0 radical (unpaired) electrons. The zero-order valence-corrected chi connectivity index (χ0v) is 11.4. The summed E-state index contributed by atoms with van der Waals surface area (Å²) in [6.07, 6.45) is 0. The van der Waals surface area contributed by atoms with Gasteiger partial charge in [0.15, 0.2) is 0 Å². The number of anilines is 1. The van der Waals surface area contributed by atoms with Crippen molar-refractivity contribution in [2.24, 2.45) is 0 Å². The summed E-state index contributed by atoms with van der Waals surface area (Å²) in [5.41, 5.74) is 7.08. The number of esters is 1. The van der Waals surface area contributed by atoms with E-state index >= 15 is 0 Å². The van der Waals surface area contributed by atoms with Crippen molar-refractivity contribution in [3.63, 3.8) is 0 Å². The minimum Gasteiger partial charge on any atom is -0.457 e. The molecule has 2 rings (SSSR count). The molecular weight excluding hydrogens is 285 g/mol. The first-order valence-electron chi connectivity index (χ1n) is 5.53. The van der Waals surface area contributed by atoms with Gasteiger partial charge in [0.25, 0.3) is 0 Å². The van der Waals surface area contributed by atoms with Crippen molar-refractivity contribution >= 4 is 34.9 Å². The third-order valence-electron chi connectivity index (χ3n) is 2.53. The molecule has 0 saturated carbocycles. The molecule has 19 heavy (non-hydrogen) atoms. The van der Waals surface area contributed by atoms with Gasteiger partial charge in [0, 0.05) is 21.3 Å². The Kier molecular flexibility index (Phi) is 4.30. The normalized spacial score (nSPS) is 10.2. The average Bonchev–Trinajstić information content (AvgIpc) is 2.38. The minimum atomic E-state index is -0.469. The van der Waals surface area contributed by atoms with Crippen LogP contribution in [0.4, 0.5) is 5.69 Å². The van der Waals surface area contributed by atoms with Crippen molar-refractivity contribution in [3.05, 3.63) is 63.6 Å². The molecule has 2 aromatic rings. The molecule has 0 unspecified atom stereocenters. The standard InChI is InChI=1S/C14H11Cl2NO2/c15-12-5-2-6-13(16)11(12)8-19-14(18)9-3-1-4-10(17)7-9/h1-7H,8,17H2. The maximum Gasteiger partial charge on any atom is 0.338 e. The van der Waals surface area contributed by atoms with Crippen LogP contribution in [0.2, 0.25) is 10.0 Å². The molecule has 0 heterocycles. The van der Waals surface area contributed by atoms with Gasteiger partial charge in [-0.25, -0.2) is 4.79 Å². The summed E-state index contributed by atoms with van der Waals surface area (Å²) in [5, 5.41) is 0.931. The van der Waals surface area contributed by atoms with Gasteiger partial charge in [0.2, 0.25) is 0 Å². The molecule has 0 atom stereocenters. The number of benzene rings is 2. The van der Waals surface area contributed by atoms with E-state index in [-0.39, 0.29) is 6.61 Å². The SMILES string of the molecule is Nc1cccc(C(=O)OCc2c(Cl)cccc2Cl)c1. The number of ether oxygens (including phenoxy) is 1. The summed E-state index contributed by atoms with van der Waals surface area (Å²) in [7, 11) is 0. The highest BCUT2D eigenvalue weighted by molar-refractivity contribution is 6.35. The minimum absolute atomic E-state index is 0.0200. The molecule has 0 fully saturated rings. The fourth-order valence-corrected chi connectivity index (χ4v) is 2.06. The highest BCUT2D eigenvalue weighted by Gasteiger charge is 2.11. The van der Waals surface area contributed by atoms with Crippen LogP contribution in [0.1, 0.15) is 15.9 Å². The zero-order valence-electron chi connectivity index (χ0n) is 9.90. The molecule has 0 amide bonds. The Hall–Kier alpha value is -1.71. The molecule has 0 bridgehead atoms. The van der Waals surface area contributed by atoms with Crippen LogP contribution >= 0.6 is 23.2 Å². The van der Waals surface area contributed by atoms with E-state index in [2.05, 4.69) is 0 Å². The van der Waals surface area contributed by atoms with Crippen LogP contribution < -0.4 is 5.73 Å². The van der Waals surface area contributed by atoms with Gasteiger partial charge in [-0.2, -0.15) is 0 Å². The van der Waals surface area contributed by atoms with E-state index < -0.39 is 5.97 Å². The Labute approximate surface area is 120 Å². The Morgan fingerprint density at radius 2 is 1.74 bits per heavy atom. The molecule has 0 saturated heterocycles. The molecule has 0 spiro atoms. The maximum absolute atomic E-state index is 11.8. The number of carbonyl (C=O) groups excluding carboxylic acids is 1. The van der Waals surface area contributed by atoms with Gasteiger partial charge >= 0.3 is 5.97 Å². The molecule has 2 N–H and O–H groups in total. The molecule has 0 aromatic heterocycles.